The van der Waals surface area contributed by atoms with Gasteiger partial charge in [-0.2, -0.15) is 5.10 Å². The minimum Gasteiger partial charge on any atom is -0.496 e. The molecule has 0 bridgehead atoms. The fourth-order valence-corrected chi connectivity index (χ4v) is 2.38. The van der Waals surface area contributed by atoms with E-state index in [1.807, 2.05) is 0 Å². The Labute approximate surface area is 158 Å². The van der Waals surface area contributed by atoms with Crippen LogP contribution in [0.4, 0.5) is 10.1 Å². The summed E-state index contributed by atoms with van der Waals surface area (Å²) in [6.07, 6.45) is 1.29. The number of amides is 1. The second-order valence-electron chi connectivity index (χ2n) is 5.55. The first-order valence-electron chi connectivity index (χ1n) is 7.99. The molecule has 0 saturated carbocycles. The molecule has 0 saturated heterocycles. The second kappa shape index (κ2) is 8.12. The van der Waals surface area contributed by atoms with Gasteiger partial charge in [0.2, 0.25) is 0 Å². The maximum atomic E-state index is 12.9. The predicted molar refractivity (Wildman–Crippen MR) is 98.8 cm³/mol. The number of rotatable bonds is 6. The van der Waals surface area contributed by atoms with Crippen LogP contribution in [0.15, 0.2) is 64.1 Å². The summed E-state index contributed by atoms with van der Waals surface area (Å²) < 4.78 is 23.7. The van der Waals surface area contributed by atoms with Gasteiger partial charge in [-0.25, -0.2) is 9.82 Å². The van der Waals surface area contributed by atoms with Crippen molar-refractivity contribution in [3.05, 3.63) is 81.9 Å². The Morgan fingerprint density at radius 3 is 2.64 bits per heavy atom. The second-order valence-corrected chi connectivity index (χ2v) is 5.55. The molecule has 3 aromatic rings. The monoisotopic (exact) mass is 383 g/mol. The zero-order valence-corrected chi connectivity index (χ0v) is 14.6. The van der Waals surface area contributed by atoms with Crippen molar-refractivity contribution in [1.29, 1.82) is 0 Å². The van der Waals surface area contributed by atoms with Gasteiger partial charge in [0, 0.05) is 11.6 Å². The number of nitro groups is 1. The molecule has 0 aliphatic carbocycles. The maximum absolute atomic E-state index is 12.9. The average molecular weight is 383 g/mol. The summed E-state index contributed by atoms with van der Waals surface area (Å²) >= 11 is 0. The lowest BCUT2D eigenvalue weighted by Crippen LogP contribution is -2.17. The maximum Gasteiger partial charge on any atom is 0.273 e. The lowest BCUT2D eigenvalue weighted by atomic mass is 10.1. The van der Waals surface area contributed by atoms with Gasteiger partial charge in [-0.3, -0.25) is 14.9 Å². The SMILES string of the molecule is COc1cc([N+](=O)[O-])ccc1-c1ccc(/C=N\NC(=O)c2ccc(F)cc2)o1. The van der Waals surface area contributed by atoms with Gasteiger partial charge < -0.3 is 9.15 Å². The van der Waals surface area contributed by atoms with Crippen molar-refractivity contribution in [1.82, 2.24) is 5.43 Å². The Bertz CT molecular complexity index is 1040. The number of furan rings is 1. The van der Waals surface area contributed by atoms with Crippen molar-refractivity contribution in [3.63, 3.8) is 0 Å². The van der Waals surface area contributed by atoms with E-state index in [2.05, 4.69) is 10.5 Å². The molecule has 0 fully saturated rings. The van der Waals surface area contributed by atoms with E-state index in [-0.39, 0.29) is 17.0 Å². The van der Waals surface area contributed by atoms with E-state index in [0.29, 0.717) is 17.1 Å². The number of nitrogens with one attached hydrogen (secondary N) is 1. The van der Waals surface area contributed by atoms with E-state index < -0.39 is 16.6 Å². The van der Waals surface area contributed by atoms with E-state index >= 15 is 0 Å². The van der Waals surface area contributed by atoms with Crippen LogP contribution in [0.1, 0.15) is 16.1 Å². The number of methoxy groups -OCH3 is 1. The summed E-state index contributed by atoms with van der Waals surface area (Å²) in [6.45, 7) is 0. The lowest BCUT2D eigenvalue weighted by molar-refractivity contribution is -0.384. The van der Waals surface area contributed by atoms with Gasteiger partial charge in [-0.05, 0) is 42.5 Å². The largest absolute Gasteiger partial charge is 0.496 e. The molecule has 0 unspecified atom stereocenters. The standard InChI is InChI=1S/C19H14FN3O5/c1-27-18-10-14(23(25)26)6-8-16(18)17-9-7-15(28-17)11-21-22-19(24)12-2-4-13(20)5-3-12/h2-11H,1H3,(H,22,24)/b21-11-. The Morgan fingerprint density at radius 1 is 1.21 bits per heavy atom. The first-order valence-corrected chi connectivity index (χ1v) is 7.99. The number of hydrogen-bond donors (Lipinski definition) is 1. The molecule has 1 N–H and O–H groups in total. The average Bonchev–Trinajstić information content (AvgIpc) is 3.16. The molecule has 142 valence electrons. The van der Waals surface area contributed by atoms with E-state index in [9.17, 15) is 19.3 Å². The summed E-state index contributed by atoms with van der Waals surface area (Å²) in [5.41, 5.74) is 3.00. The van der Waals surface area contributed by atoms with Gasteiger partial charge in [0.1, 0.15) is 23.1 Å². The number of nitrogens with zero attached hydrogens (tertiary/aromatic N) is 2. The molecule has 28 heavy (non-hydrogen) atoms. The van der Waals surface area contributed by atoms with Crippen LogP contribution >= 0.6 is 0 Å². The Kier molecular flexibility index (Phi) is 5.45. The Morgan fingerprint density at radius 2 is 1.96 bits per heavy atom. The number of hydrazone groups is 1. The third-order valence-electron chi connectivity index (χ3n) is 3.75. The Balaban J connectivity index is 1.72. The first kappa shape index (κ1) is 18.8. The number of ether oxygens (including phenoxy) is 1. The normalized spacial score (nSPS) is 10.8. The fourth-order valence-electron chi connectivity index (χ4n) is 2.38. The number of carbonyl (C=O) groups excluding carboxylic acids is 1. The van der Waals surface area contributed by atoms with E-state index in [4.69, 9.17) is 9.15 Å². The minimum absolute atomic E-state index is 0.0996. The van der Waals surface area contributed by atoms with Crippen LogP contribution in [0.2, 0.25) is 0 Å². The molecule has 0 radical (unpaired) electrons. The molecule has 8 nitrogen and oxygen atoms in total. The van der Waals surface area contributed by atoms with Crippen molar-refractivity contribution in [3.8, 4) is 17.1 Å². The van der Waals surface area contributed by atoms with Crippen LogP contribution in [-0.4, -0.2) is 24.2 Å². The number of hydrogen-bond acceptors (Lipinski definition) is 6. The molecule has 2 aromatic carbocycles. The third kappa shape index (κ3) is 4.21. The van der Waals surface area contributed by atoms with Crippen molar-refractivity contribution in [2.45, 2.75) is 0 Å². The summed E-state index contributed by atoms with van der Waals surface area (Å²) in [5.74, 6) is 0.106. The highest BCUT2D eigenvalue weighted by molar-refractivity contribution is 5.94. The van der Waals surface area contributed by atoms with Gasteiger partial charge in [0.15, 0.2) is 0 Å². The molecular weight excluding hydrogens is 369 g/mol. The molecule has 9 heteroatoms. The van der Waals surface area contributed by atoms with Crippen molar-refractivity contribution in [2.75, 3.05) is 7.11 Å². The minimum atomic E-state index is -0.518. The van der Waals surface area contributed by atoms with Gasteiger partial charge in [0.25, 0.3) is 11.6 Å². The third-order valence-corrected chi connectivity index (χ3v) is 3.75. The number of carbonyl (C=O) groups is 1. The van der Waals surface area contributed by atoms with Crippen LogP contribution < -0.4 is 10.2 Å². The smallest absolute Gasteiger partial charge is 0.273 e. The molecule has 1 heterocycles. The molecule has 1 amide bonds. The quantitative estimate of drug-likeness (QED) is 0.396. The van der Waals surface area contributed by atoms with E-state index in [1.54, 1.807) is 12.1 Å². The van der Waals surface area contributed by atoms with Crippen LogP contribution in [0.5, 0.6) is 5.75 Å². The highest BCUT2D eigenvalue weighted by Gasteiger charge is 2.15. The molecule has 0 aliphatic rings. The highest BCUT2D eigenvalue weighted by atomic mass is 19.1. The number of non-ortho nitro benzene ring substituents is 1. The predicted octanol–water partition coefficient (Wildman–Crippen LogP) is 3.77. The van der Waals surface area contributed by atoms with Crippen molar-refractivity contribution >= 4 is 17.8 Å². The summed E-state index contributed by atoms with van der Waals surface area (Å²) in [5, 5.41) is 14.7. The van der Waals surface area contributed by atoms with Crippen molar-refractivity contribution in [2.24, 2.45) is 5.10 Å². The van der Waals surface area contributed by atoms with Crippen LogP contribution in [0.3, 0.4) is 0 Å². The van der Waals surface area contributed by atoms with E-state index in [0.717, 1.165) is 0 Å². The topological polar surface area (TPSA) is 107 Å². The number of halogens is 1. The Hall–Kier alpha value is -4.01. The summed E-state index contributed by atoms with van der Waals surface area (Å²) in [7, 11) is 1.40. The van der Waals surface area contributed by atoms with E-state index in [1.165, 1.54) is 55.8 Å². The molecule has 0 atom stereocenters. The van der Waals surface area contributed by atoms with Crippen molar-refractivity contribution < 1.29 is 23.3 Å². The summed E-state index contributed by atoms with van der Waals surface area (Å²) in [6, 6.07) is 12.5. The lowest BCUT2D eigenvalue weighted by Gasteiger charge is -2.05. The van der Waals surface area contributed by atoms with Gasteiger partial charge in [-0.1, -0.05) is 0 Å². The van der Waals surface area contributed by atoms with Crippen LogP contribution in [-0.2, 0) is 0 Å². The molecule has 3 rings (SSSR count). The van der Waals surface area contributed by atoms with Crippen LogP contribution in [0, 0.1) is 15.9 Å². The molecule has 0 aliphatic heterocycles. The first-order chi connectivity index (χ1) is 13.5. The fraction of sp³-hybridized carbons (Fsp3) is 0.0526. The molecule has 0 spiro atoms. The summed E-state index contributed by atoms with van der Waals surface area (Å²) in [4.78, 5) is 22.2. The zero-order chi connectivity index (χ0) is 20.1. The van der Waals surface area contributed by atoms with Gasteiger partial charge in [0.05, 0.1) is 29.9 Å². The molecular formula is C19H14FN3O5. The van der Waals surface area contributed by atoms with Gasteiger partial charge >= 0.3 is 0 Å². The highest BCUT2D eigenvalue weighted by Crippen LogP contribution is 2.33. The number of nitro benzene ring substituents is 1. The van der Waals surface area contributed by atoms with Gasteiger partial charge in [-0.15, -0.1) is 0 Å². The molecule has 1 aromatic heterocycles. The number of benzene rings is 2. The zero-order valence-electron chi connectivity index (χ0n) is 14.6. The van der Waals surface area contributed by atoms with Crippen LogP contribution in [0.25, 0.3) is 11.3 Å².